The Kier molecular flexibility index (Phi) is 5.94. The first-order valence-corrected chi connectivity index (χ1v) is 11.0. The zero-order chi connectivity index (χ0) is 20.4. The van der Waals surface area contributed by atoms with Crippen molar-refractivity contribution in [3.63, 3.8) is 0 Å². The van der Waals surface area contributed by atoms with E-state index in [1.54, 1.807) is 24.2 Å². The Labute approximate surface area is 180 Å². The number of benzene rings is 1. The third-order valence-corrected chi connectivity index (χ3v) is 6.26. The van der Waals surface area contributed by atoms with Crippen LogP contribution in [0.25, 0.3) is 11.3 Å². The van der Waals surface area contributed by atoms with Crippen molar-refractivity contribution in [1.82, 2.24) is 9.55 Å². The predicted octanol–water partition coefficient (Wildman–Crippen LogP) is 4.10. The minimum Gasteiger partial charge on any atom is -0.376 e. The smallest absolute Gasteiger partial charge is 0.260 e. The Hall–Kier alpha value is -2.29. The van der Waals surface area contributed by atoms with Gasteiger partial charge in [0, 0.05) is 46.9 Å². The lowest BCUT2D eigenvalue weighted by Gasteiger charge is -2.23. The number of pyridine rings is 1. The Balaban J connectivity index is 1.66. The molecule has 1 saturated heterocycles. The molecule has 0 radical (unpaired) electrons. The van der Waals surface area contributed by atoms with Gasteiger partial charge < -0.3 is 9.30 Å². The predicted molar refractivity (Wildman–Crippen MR) is 118 cm³/mol. The van der Waals surface area contributed by atoms with E-state index >= 15 is 0 Å². The van der Waals surface area contributed by atoms with E-state index in [4.69, 9.17) is 9.72 Å². The molecular formula is C21H20BrN3O3S. The molecule has 1 unspecified atom stereocenters. The second kappa shape index (κ2) is 8.61. The first-order valence-electron chi connectivity index (χ1n) is 9.33. The van der Waals surface area contributed by atoms with Gasteiger partial charge in [-0.15, -0.1) is 11.3 Å². The van der Waals surface area contributed by atoms with E-state index in [0.29, 0.717) is 23.8 Å². The van der Waals surface area contributed by atoms with Gasteiger partial charge in [-0.05, 0) is 31.0 Å². The van der Waals surface area contributed by atoms with Crippen LogP contribution in [0.4, 0.5) is 5.13 Å². The Morgan fingerprint density at radius 1 is 1.34 bits per heavy atom. The minimum atomic E-state index is -0.241. The number of hydrogen-bond acceptors (Lipinski definition) is 5. The third-order valence-electron chi connectivity index (χ3n) is 4.87. The van der Waals surface area contributed by atoms with Gasteiger partial charge in [0.05, 0.1) is 18.3 Å². The summed E-state index contributed by atoms with van der Waals surface area (Å²) in [6.45, 7) is 1.13. The van der Waals surface area contributed by atoms with Crippen molar-refractivity contribution in [3.8, 4) is 11.3 Å². The number of carbonyl (C=O) groups is 1. The number of aromatic nitrogens is 2. The quantitative estimate of drug-likeness (QED) is 0.559. The van der Waals surface area contributed by atoms with Gasteiger partial charge in [0.2, 0.25) is 0 Å². The first kappa shape index (κ1) is 20.0. The van der Waals surface area contributed by atoms with Crippen LogP contribution >= 0.6 is 27.3 Å². The molecule has 0 saturated carbocycles. The fourth-order valence-electron chi connectivity index (χ4n) is 3.22. The molecule has 4 rings (SSSR count). The Morgan fingerprint density at radius 2 is 2.14 bits per heavy atom. The molecule has 0 spiro atoms. The number of aryl methyl sites for hydroxylation is 1. The molecule has 3 heterocycles. The Bertz CT molecular complexity index is 1070. The van der Waals surface area contributed by atoms with Gasteiger partial charge in [-0.1, -0.05) is 28.1 Å². The van der Waals surface area contributed by atoms with Crippen molar-refractivity contribution < 1.29 is 9.53 Å². The van der Waals surface area contributed by atoms with Crippen LogP contribution in [0.5, 0.6) is 0 Å². The number of thiazole rings is 1. The van der Waals surface area contributed by atoms with Crippen LogP contribution in [0.15, 0.2) is 57.2 Å². The highest BCUT2D eigenvalue weighted by Gasteiger charge is 2.27. The normalized spacial score (nSPS) is 16.1. The highest BCUT2D eigenvalue weighted by molar-refractivity contribution is 9.10. The molecule has 150 valence electrons. The number of halogens is 1. The molecule has 2 aromatic heterocycles. The minimum absolute atomic E-state index is 0.0227. The van der Waals surface area contributed by atoms with Crippen LogP contribution < -0.4 is 10.5 Å². The second-order valence-electron chi connectivity index (χ2n) is 6.94. The van der Waals surface area contributed by atoms with Crippen LogP contribution in [-0.4, -0.2) is 34.7 Å². The molecule has 1 atom stereocenters. The van der Waals surface area contributed by atoms with Crippen LogP contribution in [0.1, 0.15) is 23.2 Å². The molecule has 1 aromatic carbocycles. The summed E-state index contributed by atoms with van der Waals surface area (Å²) < 4.78 is 8.19. The van der Waals surface area contributed by atoms with E-state index in [0.717, 1.165) is 28.6 Å². The average molecular weight is 474 g/mol. The second-order valence-corrected chi connectivity index (χ2v) is 8.69. The molecule has 29 heavy (non-hydrogen) atoms. The highest BCUT2D eigenvalue weighted by Crippen LogP contribution is 2.30. The van der Waals surface area contributed by atoms with Gasteiger partial charge >= 0.3 is 0 Å². The number of amides is 1. The summed E-state index contributed by atoms with van der Waals surface area (Å²) in [5.41, 5.74) is 1.93. The van der Waals surface area contributed by atoms with E-state index in [2.05, 4.69) is 15.9 Å². The molecule has 6 nitrogen and oxygen atoms in total. The molecule has 1 amide bonds. The summed E-state index contributed by atoms with van der Waals surface area (Å²) >= 11 is 4.85. The molecule has 3 aromatic rings. The zero-order valence-corrected chi connectivity index (χ0v) is 18.3. The molecule has 1 aliphatic heterocycles. The van der Waals surface area contributed by atoms with Crippen molar-refractivity contribution in [2.75, 3.05) is 18.1 Å². The maximum absolute atomic E-state index is 13.3. The van der Waals surface area contributed by atoms with Crippen LogP contribution in [0.2, 0.25) is 0 Å². The van der Waals surface area contributed by atoms with Crippen molar-refractivity contribution in [2.45, 2.75) is 18.9 Å². The molecule has 0 aliphatic carbocycles. The van der Waals surface area contributed by atoms with Gasteiger partial charge in [0.1, 0.15) is 0 Å². The third kappa shape index (κ3) is 4.49. The molecule has 1 aliphatic rings. The largest absolute Gasteiger partial charge is 0.376 e. The number of carbonyl (C=O) groups excluding carboxylic acids is 1. The molecule has 0 bridgehead atoms. The van der Waals surface area contributed by atoms with Gasteiger partial charge in [-0.2, -0.15) is 0 Å². The van der Waals surface area contributed by atoms with Crippen LogP contribution in [0.3, 0.4) is 0 Å². The van der Waals surface area contributed by atoms with E-state index < -0.39 is 0 Å². The lowest BCUT2D eigenvalue weighted by atomic mass is 10.2. The fourth-order valence-corrected chi connectivity index (χ4v) is 4.32. The highest BCUT2D eigenvalue weighted by atomic mass is 79.9. The molecular weight excluding hydrogens is 454 g/mol. The zero-order valence-electron chi connectivity index (χ0n) is 15.9. The number of rotatable bonds is 5. The summed E-state index contributed by atoms with van der Waals surface area (Å²) in [6.07, 6.45) is 3.48. The van der Waals surface area contributed by atoms with Crippen LogP contribution in [-0.2, 0) is 11.8 Å². The summed E-state index contributed by atoms with van der Waals surface area (Å²) in [4.78, 5) is 31.6. The number of hydrogen-bond donors (Lipinski definition) is 0. The van der Waals surface area contributed by atoms with Crippen molar-refractivity contribution >= 4 is 38.3 Å². The monoisotopic (exact) mass is 473 g/mol. The number of nitrogens with zero attached hydrogens (tertiary/aromatic N) is 3. The SMILES string of the molecule is Cn1ccc(C(=O)N(CC2CCCO2)c2nc(-c3ccc(Br)cc3)cs2)cc1=O. The maximum atomic E-state index is 13.3. The molecule has 1 fully saturated rings. The van der Waals surface area contributed by atoms with E-state index in [1.165, 1.54) is 22.0 Å². The summed E-state index contributed by atoms with van der Waals surface area (Å²) in [5.74, 6) is -0.241. The number of ether oxygens (including phenoxy) is 1. The van der Waals surface area contributed by atoms with Crippen molar-refractivity contribution in [2.24, 2.45) is 7.05 Å². The summed E-state index contributed by atoms with van der Waals surface area (Å²) in [5, 5.41) is 2.54. The topological polar surface area (TPSA) is 64.4 Å². The van der Waals surface area contributed by atoms with E-state index in [-0.39, 0.29) is 17.6 Å². The fraction of sp³-hybridized carbons (Fsp3) is 0.286. The Morgan fingerprint density at radius 3 is 2.83 bits per heavy atom. The first-order chi connectivity index (χ1) is 14.0. The van der Waals surface area contributed by atoms with Crippen molar-refractivity contribution in [3.05, 3.63) is 68.4 Å². The van der Waals surface area contributed by atoms with Gasteiger partial charge in [0.25, 0.3) is 11.5 Å². The van der Waals surface area contributed by atoms with Crippen molar-refractivity contribution in [1.29, 1.82) is 0 Å². The van der Waals surface area contributed by atoms with Gasteiger partial charge in [-0.3, -0.25) is 14.5 Å². The average Bonchev–Trinajstić information content (AvgIpc) is 3.40. The summed E-state index contributed by atoms with van der Waals surface area (Å²) in [7, 11) is 1.66. The van der Waals surface area contributed by atoms with Crippen LogP contribution in [0, 0.1) is 0 Å². The van der Waals surface area contributed by atoms with E-state index in [9.17, 15) is 9.59 Å². The summed E-state index contributed by atoms with van der Waals surface area (Å²) in [6, 6.07) is 10.9. The lowest BCUT2D eigenvalue weighted by Crippen LogP contribution is -2.38. The van der Waals surface area contributed by atoms with E-state index in [1.807, 2.05) is 29.6 Å². The standard InChI is InChI=1S/C21H20BrN3O3S/c1-24-9-8-15(11-19(24)26)20(27)25(12-17-3-2-10-28-17)21-23-18(13-29-21)14-4-6-16(22)7-5-14/h4-9,11,13,17H,2-3,10,12H2,1H3. The molecule has 8 heteroatoms. The maximum Gasteiger partial charge on any atom is 0.260 e. The lowest BCUT2D eigenvalue weighted by molar-refractivity contribution is 0.0917. The van der Waals surface area contributed by atoms with Gasteiger partial charge in [0.15, 0.2) is 5.13 Å². The number of anilines is 1. The van der Waals surface area contributed by atoms with Gasteiger partial charge in [-0.25, -0.2) is 4.98 Å². The molecule has 0 N–H and O–H groups in total.